The summed E-state index contributed by atoms with van der Waals surface area (Å²) in [5.74, 6) is 0. The molecule has 11 heteroatoms. The van der Waals surface area contributed by atoms with Gasteiger partial charge >= 0.3 is 0 Å². The minimum Gasteiger partial charge on any atom is -0.316 e. The maximum Gasteiger partial charge on any atom is 0.261 e. The van der Waals surface area contributed by atoms with Gasteiger partial charge in [-0.3, -0.25) is 9.11 Å². The van der Waals surface area contributed by atoms with Crippen molar-refractivity contribution in [3.8, 4) is 0 Å². The van der Waals surface area contributed by atoms with Gasteiger partial charge in [-0.1, -0.05) is 0 Å². The van der Waals surface area contributed by atoms with Crippen LogP contribution in [0, 0.1) is 0 Å². The van der Waals surface area contributed by atoms with E-state index in [0.717, 1.165) is 13.1 Å². The van der Waals surface area contributed by atoms with Crippen molar-refractivity contribution in [3.63, 3.8) is 0 Å². The van der Waals surface area contributed by atoms with Crippen molar-refractivity contribution < 1.29 is 31.1 Å². The SMILES string of the molecule is CS(=O)(=O)O.CS(=O)(=O)O.ONC1CNC1. The number of hydrogen-bond donors (Lipinski definition) is 5. The topological polar surface area (TPSA) is 153 Å². The quantitative estimate of drug-likeness (QED) is 0.269. The maximum absolute atomic E-state index is 9.19. The zero-order valence-electron chi connectivity index (χ0n) is 8.78. The molecular weight excluding hydrogens is 264 g/mol. The van der Waals surface area contributed by atoms with E-state index in [4.69, 9.17) is 14.3 Å². The first-order valence-corrected chi connectivity index (χ1v) is 7.58. The molecule has 0 aromatic heterocycles. The molecule has 0 atom stereocenters. The van der Waals surface area contributed by atoms with E-state index in [2.05, 4.69) is 10.8 Å². The average molecular weight is 280 g/mol. The highest BCUT2D eigenvalue weighted by molar-refractivity contribution is 7.85. The van der Waals surface area contributed by atoms with Crippen molar-refractivity contribution in [3.05, 3.63) is 0 Å². The van der Waals surface area contributed by atoms with Crippen LogP contribution in [0.4, 0.5) is 0 Å². The highest BCUT2D eigenvalue weighted by Crippen LogP contribution is 1.85. The highest BCUT2D eigenvalue weighted by atomic mass is 32.2. The molecule has 0 bridgehead atoms. The monoisotopic (exact) mass is 280 g/mol. The van der Waals surface area contributed by atoms with Crippen LogP contribution in [0.25, 0.3) is 0 Å². The first-order valence-electron chi connectivity index (χ1n) is 3.88. The smallest absolute Gasteiger partial charge is 0.261 e. The van der Waals surface area contributed by atoms with Gasteiger partial charge in [-0.15, -0.1) is 0 Å². The molecule has 1 heterocycles. The van der Waals surface area contributed by atoms with Crippen LogP contribution in [0.2, 0.25) is 0 Å². The lowest BCUT2D eigenvalue weighted by Gasteiger charge is -2.24. The first kappa shape index (κ1) is 18.1. The molecule has 100 valence electrons. The van der Waals surface area contributed by atoms with Gasteiger partial charge in [-0.2, -0.15) is 22.3 Å². The Morgan fingerprint density at radius 3 is 1.31 bits per heavy atom. The molecule has 0 aliphatic carbocycles. The van der Waals surface area contributed by atoms with Crippen LogP contribution in [0.5, 0.6) is 0 Å². The molecule has 1 saturated heterocycles. The van der Waals surface area contributed by atoms with Gasteiger partial charge in [-0.25, -0.2) is 0 Å². The van der Waals surface area contributed by atoms with E-state index in [1.807, 2.05) is 0 Å². The van der Waals surface area contributed by atoms with Crippen molar-refractivity contribution in [2.45, 2.75) is 6.04 Å². The van der Waals surface area contributed by atoms with Crippen molar-refractivity contribution in [2.75, 3.05) is 25.6 Å². The standard InChI is InChI=1S/C3H8N2O.2CH4O3S/c6-5-3-1-4-2-3;2*1-5(2,3)4/h3-6H,1-2H2;2*1H3,(H,2,3,4). The van der Waals surface area contributed by atoms with Gasteiger partial charge in [0.15, 0.2) is 0 Å². The molecule has 1 aliphatic heterocycles. The second-order valence-electron chi connectivity index (χ2n) is 2.95. The van der Waals surface area contributed by atoms with Gasteiger partial charge in [0.1, 0.15) is 0 Å². The fraction of sp³-hybridized carbons (Fsp3) is 1.00. The summed E-state index contributed by atoms with van der Waals surface area (Å²) in [6.07, 6.45) is 1.43. The van der Waals surface area contributed by atoms with Gasteiger partial charge in [0.25, 0.3) is 20.2 Å². The molecule has 0 saturated carbocycles. The number of nitrogens with one attached hydrogen (secondary N) is 2. The van der Waals surface area contributed by atoms with Gasteiger partial charge in [0.2, 0.25) is 0 Å². The molecule has 1 rings (SSSR count). The Bertz CT molecular complexity index is 309. The summed E-state index contributed by atoms with van der Waals surface area (Å²) >= 11 is 0. The fourth-order valence-electron chi connectivity index (χ4n) is 0.380. The zero-order chi connectivity index (χ0) is 13.4. The molecular formula is C5H16N2O7S2. The molecule has 0 spiro atoms. The van der Waals surface area contributed by atoms with E-state index in [1.54, 1.807) is 0 Å². The van der Waals surface area contributed by atoms with Crippen LogP contribution in [0.1, 0.15) is 0 Å². The Labute approximate surface area is 94.3 Å². The van der Waals surface area contributed by atoms with Gasteiger partial charge < -0.3 is 10.5 Å². The summed E-state index contributed by atoms with van der Waals surface area (Å²) in [7, 11) is -7.33. The molecule has 1 aliphatic rings. The molecule has 1 fully saturated rings. The van der Waals surface area contributed by atoms with E-state index < -0.39 is 20.2 Å². The lowest BCUT2D eigenvalue weighted by molar-refractivity contribution is 0.101. The minimum absolute atomic E-state index is 0.310. The Balaban J connectivity index is 0. The summed E-state index contributed by atoms with van der Waals surface area (Å²) in [5, 5.41) is 11.1. The lowest BCUT2D eigenvalue weighted by Crippen LogP contribution is -2.54. The van der Waals surface area contributed by atoms with E-state index in [-0.39, 0.29) is 0 Å². The van der Waals surface area contributed by atoms with Crippen LogP contribution in [0.15, 0.2) is 0 Å². The molecule has 16 heavy (non-hydrogen) atoms. The summed E-state index contributed by atoms with van der Waals surface area (Å²) in [5.41, 5.74) is 2.14. The molecule has 0 radical (unpaired) electrons. The Morgan fingerprint density at radius 2 is 1.31 bits per heavy atom. The summed E-state index contributed by atoms with van der Waals surface area (Å²) in [4.78, 5) is 0. The maximum atomic E-state index is 9.19. The zero-order valence-corrected chi connectivity index (χ0v) is 10.4. The largest absolute Gasteiger partial charge is 0.316 e. The van der Waals surface area contributed by atoms with E-state index in [0.29, 0.717) is 18.6 Å². The molecule has 9 nitrogen and oxygen atoms in total. The third-order valence-electron chi connectivity index (χ3n) is 0.964. The van der Waals surface area contributed by atoms with Crippen LogP contribution in [-0.2, 0) is 20.2 Å². The van der Waals surface area contributed by atoms with Gasteiger partial charge in [0.05, 0.1) is 18.6 Å². The first-order chi connectivity index (χ1) is 6.93. The number of hydroxylamine groups is 1. The second kappa shape index (κ2) is 7.89. The molecule has 5 N–H and O–H groups in total. The molecule has 0 aromatic carbocycles. The normalized spacial score (nSPS) is 16.1. The molecule has 0 aromatic rings. The Morgan fingerprint density at radius 1 is 1.06 bits per heavy atom. The van der Waals surface area contributed by atoms with E-state index >= 15 is 0 Å². The second-order valence-corrected chi connectivity index (χ2v) is 5.88. The summed E-state index contributed by atoms with van der Waals surface area (Å²) < 4.78 is 51.7. The van der Waals surface area contributed by atoms with Crippen LogP contribution >= 0.6 is 0 Å². The molecule has 0 unspecified atom stereocenters. The van der Waals surface area contributed by atoms with Crippen molar-refractivity contribution in [1.29, 1.82) is 0 Å². The van der Waals surface area contributed by atoms with Crippen molar-refractivity contribution in [2.24, 2.45) is 0 Å². The summed E-state index contributed by atoms with van der Waals surface area (Å²) in [6.45, 7) is 1.80. The van der Waals surface area contributed by atoms with Gasteiger partial charge in [0, 0.05) is 13.1 Å². The van der Waals surface area contributed by atoms with Crippen molar-refractivity contribution in [1.82, 2.24) is 10.8 Å². The van der Waals surface area contributed by atoms with E-state index in [1.165, 1.54) is 0 Å². The predicted molar refractivity (Wildman–Crippen MR) is 56.5 cm³/mol. The molecule has 0 amide bonds. The predicted octanol–water partition coefficient (Wildman–Crippen LogP) is -2.05. The van der Waals surface area contributed by atoms with Crippen LogP contribution in [0.3, 0.4) is 0 Å². The Kier molecular flexibility index (Phi) is 8.91. The minimum atomic E-state index is -3.67. The van der Waals surface area contributed by atoms with E-state index in [9.17, 15) is 16.8 Å². The number of hydrogen-bond acceptors (Lipinski definition) is 7. The third kappa shape index (κ3) is 37.3. The number of rotatable bonds is 1. The fourth-order valence-corrected chi connectivity index (χ4v) is 0.380. The van der Waals surface area contributed by atoms with Gasteiger partial charge in [-0.05, 0) is 0 Å². The Hall–Kier alpha value is -0.300. The lowest BCUT2D eigenvalue weighted by atomic mass is 10.2. The van der Waals surface area contributed by atoms with Crippen LogP contribution < -0.4 is 10.8 Å². The van der Waals surface area contributed by atoms with Crippen LogP contribution in [-0.4, -0.2) is 62.8 Å². The average Bonchev–Trinajstić information content (AvgIpc) is 1.74. The highest BCUT2D eigenvalue weighted by Gasteiger charge is 2.13. The third-order valence-corrected chi connectivity index (χ3v) is 0.964. The van der Waals surface area contributed by atoms with Crippen molar-refractivity contribution >= 4 is 20.2 Å². The summed E-state index contributed by atoms with van der Waals surface area (Å²) in [6, 6.07) is 0.310.